The van der Waals surface area contributed by atoms with Gasteiger partial charge in [0.05, 0.1) is 0 Å². The smallest absolute Gasteiger partial charge is 0.191 e. The van der Waals surface area contributed by atoms with Gasteiger partial charge in [0.15, 0.2) is 11.0 Å². The molecule has 22 heavy (non-hydrogen) atoms. The van der Waals surface area contributed by atoms with Crippen molar-refractivity contribution in [1.82, 2.24) is 14.8 Å². The lowest BCUT2D eigenvalue weighted by Crippen LogP contribution is -1.95. The van der Waals surface area contributed by atoms with Gasteiger partial charge >= 0.3 is 0 Å². The largest absolute Gasteiger partial charge is 0.305 e. The van der Waals surface area contributed by atoms with E-state index in [1.165, 1.54) is 17.7 Å². The number of thioether (sulfide) groups is 1. The van der Waals surface area contributed by atoms with Crippen molar-refractivity contribution in [2.24, 2.45) is 7.05 Å². The molecule has 0 unspecified atom stereocenters. The molecule has 1 aromatic heterocycles. The lowest BCUT2D eigenvalue weighted by atomic mass is 10.1. The summed E-state index contributed by atoms with van der Waals surface area (Å²) >= 11 is 1.59. The Labute approximate surface area is 133 Å². The number of aryl methyl sites for hydroxylation is 1. The predicted octanol–water partition coefficient (Wildman–Crippen LogP) is 4.22. The van der Waals surface area contributed by atoms with Crippen LogP contribution in [0.1, 0.15) is 11.1 Å². The molecule has 0 aliphatic heterocycles. The number of aromatic nitrogens is 3. The molecule has 5 heteroatoms. The van der Waals surface area contributed by atoms with Crippen molar-refractivity contribution in [2.45, 2.75) is 17.8 Å². The van der Waals surface area contributed by atoms with E-state index in [1.54, 1.807) is 23.9 Å². The SMILES string of the molecule is Cc1ccc(-c2nnc(SCc3ccc(F)cc3)n2C)cc1. The van der Waals surface area contributed by atoms with Crippen LogP contribution in [0.4, 0.5) is 4.39 Å². The molecule has 0 radical (unpaired) electrons. The highest BCUT2D eigenvalue weighted by atomic mass is 32.2. The van der Waals surface area contributed by atoms with Gasteiger partial charge in [-0.2, -0.15) is 0 Å². The van der Waals surface area contributed by atoms with Crippen molar-refractivity contribution in [3.05, 3.63) is 65.5 Å². The standard InChI is InChI=1S/C17H16FN3S/c1-12-3-7-14(8-4-12)16-19-20-17(21(16)2)22-11-13-5-9-15(18)10-6-13/h3-10H,11H2,1-2H3. The summed E-state index contributed by atoms with van der Waals surface area (Å²) in [7, 11) is 1.96. The third kappa shape index (κ3) is 3.20. The van der Waals surface area contributed by atoms with Crippen LogP contribution in [0, 0.1) is 12.7 Å². The molecule has 0 N–H and O–H groups in total. The molecule has 0 spiro atoms. The van der Waals surface area contributed by atoms with Crippen molar-refractivity contribution < 1.29 is 4.39 Å². The average molecular weight is 313 g/mol. The highest BCUT2D eigenvalue weighted by molar-refractivity contribution is 7.98. The Morgan fingerprint density at radius 3 is 2.36 bits per heavy atom. The second kappa shape index (κ2) is 6.32. The normalized spacial score (nSPS) is 10.9. The van der Waals surface area contributed by atoms with E-state index in [-0.39, 0.29) is 5.82 Å². The lowest BCUT2D eigenvalue weighted by molar-refractivity contribution is 0.627. The molecule has 0 bridgehead atoms. The second-order valence-corrected chi connectivity index (χ2v) is 6.09. The Hall–Kier alpha value is -2.14. The first-order valence-corrected chi connectivity index (χ1v) is 7.96. The number of benzene rings is 2. The number of hydrogen-bond acceptors (Lipinski definition) is 3. The molecule has 0 aliphatic rings. The Bertz CT molecular complexity index is 764. The van der Waals surface area contributed by atoms with Crippen LogP contribution in [0.3, 0.4) is 0 Å². The van der Waals surface area contributed by atoms with Gasteiger partial charge in [0.25, 0.3) is 0 Å². The quantitative estimate of drug-likeness (QED) is 0.676. The minimum absolute atomic E-state index is 0.214. The van der Waals surface area contributed by atoms with E-state index >= 15 is 0 Å². The lowest BCUT2D eigenvalue weighted by Gasteiger charge is -2.04. The molecule has 0 aliphatic carbocycles. The highest BCUT2D eigenvalue weighted by Crippen LogP contribution is 2.25. The zero-order valence-electron chi connectivity index (χ0n) is 12.5. The number of hydrogen-bond donors (Lipinski definition) is 0. The van der Waals surface area contributed by atoms with E-state index < -0.39 is 0 Å². The van der Waals surface area contributed by atoms with Gasteiger partial charge in [0.1, 0.15) is 5.82 Å². The fourth-order valence-corrected chi connectivity index (χ4v) is 2.99. The second-order valence-electron chi connectivity index (χ2n) is 5.15. The van der Waals surface area contributed by atoms with E-state index in [0.717, 1.165) is 27.9 Å². The fraction of sp³-hybridized carbons (Fsp3) is 0.176. The average Bonchev–Trinajstić information content (AvgIpc) is 2.89. The van der Waals surface area contributed by atoms with Crippen molar-refractivity contribution in [1.29, 1.82) is 0 Å². The monoisotopic (exact) mass is 313 g/mol. The van der Waals surface area contributed by atoms with E-state index in [4.69, 9.17) is 0 Å². The molecule has 1 heterocycles. The van der Waals surface area contributed by atoms with Crippen LogP contribution in [0.15, 0.2) is 53.7 Å². The number of rotatable bonds is 4. The van der Waals surface area contributed by atoms with Crippen molar-refractivity contribution in [2.75, 3.05) is 0 Å². The van der Waals surface area contributed by atoms with Gasteiger partial charge in [-0.15, -0.1) is 10.2 Å². The van der Waals surface area contributed by atoms with E-state index in [9.17, 15) is 4.39 Å². The summed E-state index contributed by atoms with van der Waals surface area (Å²) in [6.07, 6.45) is 0. The van der Waals surface area contributed by atoms with Gasteiger partial charge in [-0.25, -0.2) is 4.39 Å². The molecule has 3 nitrogen and oxygen atoms in total. The van der Waals surface area contributed by atoms with Crippen LogP contribution in [0.25, 0.3) is 11.4 Å². The predicted molar refractivity (Wildman–Crippen MR) is 87.1 cm³/mol. The van der Waals surface area contributed by atoms with Crippen LogP contribution in [-0.2, 0) is 12.8 Å². The number of nitrogens with zero attached hydrogens (tertiary/aromatic N) is 3. The molecule has 0 amide bonds. The van der Waals surface area contributed by atoms with Gasteiger partial charge in [-0.3, -0.25) is 0 Å². The third-order valence-corrected chi connectivity index (χ3v) is 4.52. The van der Waals surface area contributed by atoms with Crippen LogP contribution in [0.2, 0.25) is 0 Å². The van der Waals surface area contributed by atoms with Gasteiger partial charge in [0, 0.05) is 18.4 Å². The van der Waals surface area contributed by atoms with Crippen molar-refractivity contribution >= 4 is 11.8 Å². The van der Waals surface area contributed by atoms with E-state index in [2.05, 4.69) is 29.3 Å². The summed E-state index contributed by atoms with van der Waals surface area (Å²) in [5.74, 6) is 1.37. The summed E-state index contributed by atoms with van der Waals surface area (Å²) < 4.78 is 14.9. The summed E-state index contributed by atoms with van der Waals surface area (Å²) in [6.45, 7) is 2.06. The van der Waals surface area contributed by atoms with Crippen molar-refractivity contribution in [3.8, 4) is 11.4 Å². The third-order valence-electron chi connectivity index (χ3n) is 3.43. The molecule has 0 saturated carbocycles. The van der Waals surface area contributed by atoms with Crippen LogP contribution < -0.4 is 0 Å². The first-order valence-electron chi connectivity index (χ1n) is 6.97. The number of halogens is 1. The molecular formula is C17H16FN3S. The topological polar surface area (TPSA) is 30.7 Å². The van der Waals surface area contributed by atoms with Gasteiger partial charge in [-0.1, -0.05) is 53.7 Å². The molecule has 0 fully saturated rings. The van der Waals surface area contributed by atoms with Crippen LogP contribution in [-0.4, -0.2) is 14.8 Å². The summed E-state index contributed by atoms with van der Waals surface area (Å²) in [5, 5.41) is 9.37. The minimum Gasteiger partial charge on any atom is -0.305 e. The first kappa shape index (κ1) is 14.8. The zero-order valence-corrected chi connectivity index (χ0v) is 13.3. The molecule has 112 valence electrons. The van der Waals surface area contributed by atoms with Gasteiger partial charge < -0.3 is 4.57 Å². The minimum atomic E-state index is -0.214. The Kier molecular flexibility index (Phi) is 4.24. The molecule has 2 aromatic carbocycles. The van der Waals surface area contributed by atoms with E-state index in [1.807, 2.05) is 23.7 Å². The Morgan fingerprint density at radius 1 is 1.00 bits per heavy atom. The maximum Gasteiger partial charge on any atom is 0.191 e. The van der Waals surface area contributed by atoms with Crippen molar-refractivity contribution in [3.63, 3.8) is 0 Å². The molecule has 0 atom stereocenters. The summed E-state index contributed by atoms with van der Waals surface area (Å²) in [6, 6.07) is 14.8. The highest BCUT2D eigenvalue weighted by Gasteiger charge is 2.11. The first-order chi connectivity index (χ1) is 10.6. The van der Waals surface area contributed by atoms with Crippen LogP contribution >= 0.6 is 11.8 Å². The summed E-state index contributed by atoms with van der Waals surface area (Å²) in [4.78, 5) is 0. The molecule has 3 rings (SSSR count). The molecule has 3 aromatic rings. The molecule has 0 saturated heterocycles. The zero-order chi connectivity index (χ0) is 15.5. The molecular weight excluding hydrogens is 297 g/mol. The Balaban J connectivity index is 1.75. The van der Waals surface area contributed by atoms with Gasteiger partial charge in [-0.05, 0) is 24.6 Å². The summed E-state index contributed by atoms with van der Waals surface area (Å²) in [5.41, 5.74) is 3.33. The maximum absolute atomic E-state index is 12.9. The van der Waals surface area contributed by atoms with E-state index in [0.29, 0.717) is 0 Å². The maximum atomic E-state index is 12.9. The van der Waals surface area contributed by atoms with Crippen LogP contribution in [0.5, 0.6) is 0 Å². The van der Waals surface area contributed by atoms with Gasteiger partial charge in [0.2, 0.25) is 0 Å². The fourth-order valence-electron chi connectivity index (χ4n) is 2.12. The Morgan fingerprint density at radius 2 is 1.68 bits per heavy atom.